The number of anilines is 2. The molecule has 2 rings (SSSR count). The molecule has 0 bridgehead atoms. The molecule has 2 aromatic rings. The zero-order valence-electron chi connectivity index (χ0n) is 9.46. The molecule has 0 atom stereocenters. The molecule has 11 heteroatoms. The van der Waals surface area contributed by atoms with Crippen LogP contribution in [0.5, 0.6) is 0 Å². The minimum absolute atomic E-state index is 0.00554. The first-order valence-corrected chi connectivity index (χ1v) is 6.95. The highest BCUT2D eigenvalue weighted by Gasteiger charge is 2.14. The van der Waals surface area contributed by atoms with E-state index in [4.69, 9.17) is 11.6 Å². The number of carbonyl (C=O) groups is 1. The van der Waals surface area contributed by atoms with Gasteiger partial charge in [-0.25, -0.2) is 4.79 Å². The Morgan fingerprint density at radius 3 is 2.75 bits per heavy atom. The standard InChI is InChI=1S/C9H5BrClN5O3S/c10-7-14-15-9(20-7)13-8(17)12-4-1-2-5(11)6(3-4)16(18)19/h1-3H,(H2,12,13,15,17). The van der Waals surface area contributed by atoms with Crippen molar-refractivity contribution in [1.82, 2.24) is 10.2 Å². The highest BCUT2D eigenvalue weighted by molar-refractivity contribution is 9.11. The minimum Gasteiger partial charge on any atom is -0.307 e. The van der Waals surface area contributed by atoms with Crippen LogP contribution in [-0.4, -0.2) is 21.2 Å². The number of nitro benzene ring substituents is 1. The van der Waals surface area contributed by atoms with E-state index in [0.717, 1.165) is 17.4 Å². The van der Waals surface area contributed by atoms with Gasteiger partial charge in [0.1, 0.15) is 5.02 Å². The number of carbonyl (C=O) groups excluding carboxylic acids is 1. The molecular formula is C9H5BrClN5O3S. The van der Waals surface area contributed by atoms with Gasteiger partial charge in [0.15, 0.2) is 3.92 Å². The van der Waals surface area contributed by atoms with Crippen molar-refractivity contribution < 1.29 is 9.72 Å². The van der Waals surface area contributed by atoms with Gasteiger partial charge in [-0.3, -0.25) is 15.4 Å². The Labute approximate surface area is 129 Å². The van der Waals surface area contributed by atoms with Crippen molar-refractivity contribution in [1.29, 1.82) is 0 Å². The van der Waals surface area contributed by atoms with Crippen LogP contribution in [0.15, 0.2) is 22.1 Å². The highest BCUT2D eigenvalue weighted by Crippen LogP contribution is 2.27. The molecular weight excluding hydrogens is 374 g/mol. The number of hydrogen-bond acceptors (Lipinski definition) is 6. The Hall–Kier alpha value is -1.78. The summed E-state index contributed by atoms with van der Waals surface area (Å²) in [5.74, 6) is 0. The van der Waals surface area contributed by atoms with E-state index < -0.39 is 11.0 Å². The molecule has 20 heavy (non-hydrogen) atoms. The third-order valence-corrected chi connectivity index (χ3v) is 3.61. The fourth-order valence-corrected chi connectivity index (χ4v) is 2.44. The predicted octanol–water partition coefficient (Wildman–Crippen LogP) is 3.51. The topological polar surface area (TPSA) is 110 Å². The van der Waals surface area contributed by atoms with Crippen LogP contribution in [0.4, 0.5) is 21.3 Å². The Bertz CT molecular complexity index is 679. The van der Waals surface area contributed by atoms with Gasteiger partial charge in [0, 0.05) is 11.8 Å². The van der Waals surface area contributed by atoms with Gasteiger partial charge in [0.05, 0.1) is 4.92 Å². The van der Waals surface area contributed by atoms with Crippen LogP contribution in [0.1, 0.15) is 0 Å². The summed E-state index contributed by atoms with van der Waals surface area (Å²) >= 11 is 9.90. The molecule has 0 spiro atoms. The molecule has 0 saturated carbocycles. The Kier molecular flexibility index (Phi) is 4.47. The largest absolute Gasteiger partial charge is 0.325 e. The number of benzene rings is 1. The van der Waals surface area contributed by atoms with Gasteiger partial charge in [-0.15, -0.1) is 10.2 Å². The summed E-state index contributed by atoms with van der Waals surface area (Å²) in [7, 11) is 0. The second-order valence-electron chi connectivity index (χ2n) is 3.36. The smallest absolute Gasteiger partial charge is 0.307 e. The zero-order valence-corrected chi connectivity index (χ0v) is 12.6. The van der Waals surface area contributed by atoms with Crippen LogP contribution in [0.3, 0.4) is 0 Å². The second-order valence-corrected chi connectivity index (χ2v) is 6.02. The van der Waals surface area contributed by atoms with Gasteiger partial charge in [-0.2, -0.15) is 0 Å². The molecule has 0 fully saturated rings. The van der Waals surface area contributed by atoms with Crippen molar-refractivity contribution in [2.24, 2.45) is 0 Å². The van der Waals surface area contributed by atoms with Crippen LogP contribution < -0.4 is 10.6 Å². The zero-order chi connectivity index (χ0) is 14.7. The number of hydrogen-bond donors (Lipinski definition) is 2. The quantitative estimate of drug-likeness (QED) is 0.627. The van der Waals surface area contributed by atoms with Crippen LogP contribution in [0.25, 0.3) is 0 Å². The Morgan fingerprint density at radius 2 is 2.15 bits per heavy atom. The van der Waals surface area contributed by atoms with Gasteiger partial charge in [0.2, 0.25) is 5.13 Å². The predicted molar refractivity (Wildman–Crippen MR) is 78.4 cm³/mol. The SMILES string of the molecule is O=C(Nc1ccc(Cl)c([N+](=O)[O-])c1)Nc1nnc(Br)s1. The van der Waals surface area contributed by atoms with Crippen molar-refractivity contribution in [2.75, 3.05) is 10.6 Å². The van der Waals surface area contributed by atoms with Crippen LogP contribution in [0, 0.1) is 10.1 Å². The van der Waals surface area contributed by atoms with Gasteiger partial charge in [-0.1, -0.05) is 22.9 Å². The molecule has 104 valence electrons. The average molecular weight is 379 g/mol. The van der Waals surface area contributed by atoms with E-state index >= 15 is 0 Å². The number of aromatic nitrogens is 2. The number of nitro groups is 1. The number of rotatable bonds is 3. The fourth-order valence-electron chi connectivity index (χ4n) is 1.25. The summed E-state index contributed by atoms with van der Waals surface area (Å²) in [5.41, 5.74) is -0.0506. The molecule has 2 N–H and O–H groups in total. The first kappa shape index (κ1) is 14.6. The van der Waals surface area contributed by atoms with Crippen molar-refractivity contribution in [3.8, 4) is 0 Å². The van der Waals surface area contributed by atoms with Crippen molar-refractivity contribution >= 4 is 61.4 Å². The lowest BCUT2D eigenvalue weighted by molar-refractivity contribution is -0.384. The maximum atomic E-state index is 11.7. The summed E-state index contributed by atoms with van der Waals surface area (Å²) in [6, 6.07) is 3.35. The molecule has 0 aliphatic carbocycles. The molecule has 2 amide bonds. The van der Waals surface area contributed by atoms with Crippen molar-refractivity contribution in [2.45, 2.75) is 0 Å². The van der Waals surface area contributed by atoms with Crippen LogP contribution in [0.2, 0.25) is 5.02 Å². The number of halogens is 2. The normalized spacial score (nSPS) is 10.1. The van der Waals surface area contributed by atoms with Gasteiger partial charge < -0.3 is 5.32 Å². The number of urea groups is 1. The summed E-state index contributed by atoms with van der Waals surface area (Å²) < 4.78 is 0.523. The van der Waals surface area contributed by atoms with Crippen molar-refractivity contribution in [3.63, 3.8) is 0 Å². The number of nitrogens with zero attached hydrogens (tertiary/aromatic N) is 3. The van der Waals surface area contributed by atoms with E-state index in [0.29, 0.717) is 3.92 Å². The molecule has 1 aromatic carbocycles. The van der Waals surface area contributed by atoms with E-state index in [-0.39, 0.29) is 21.5 Å². The molecule has 0 aliphatic heterocycles. The maximum absolute atomic E-state index is 11.7. The Balaban J connectivity index is 2.08. The lowest BCUT2D eigenvalue weighted by Gasteiger charge is -2.05. The number of amides is 2. The third-order valence-electron chi connectivity index (χ3n) is 2.02. The average Bonchev–Trinajstić information content (AvgIpc) is 2.76. The van der Waals surface area contributed by atoms with Gasteiger partial charge in [0.25, 0.3) is 5.69 Å². The molecule has 0 unspecified atom stereocenters. The van der Waals surface area contributed by atoms with E-state index in [1.807, 2.05) is 0 Å². The first-order chi connectivity index (χ1) is 9.45. The molecule has 1 heterocycles. The third kappa shape index (κ3) is 3.62. The summed E-state index contributed by atoms with van der Waals surface area (Å²) in [6.07, 6.45) is 0. The van der Waals surface area contributed by atoms with Crippen LogP contribution >= 0.6 is 38.9 Å². The lowest BCUT2D eigenvalue weighted by atomic mass is 10.3. The van der Waals surface area contributed by atoms with E-state index in [9.17, 15) is 14.9 Å². The first-order valence-electron chi connectivity index (χ1n) is 4.96. The minimum atomic E-state index is -0.632. The number of nitrogens with one attached hydrogen (secondary N) is 2. The highest BCUT2D eigenvalue weighted by atomic mass is 79.9. The fraction of sp³-hybridized carbons (Fsp3) is 0. The monoisotopic (exact) mass is 377 g/mol. The molecule has 1 aromatic heterocycles. The molecule has 8 nitrogen and oxygen atoms in total. The van der Waals surface area contributed by atoms with E-state index in [1.165, 1.54) is 12.1 Å². The van der Waals surface area contributed by atoms with Gasteiger partial charge >= 0.3 is 6.03 Å². The summed E-state index contributed by atoms with van der Waals surface area (Å²) in [4.78, 5) is 21.7. The van der Waals surface area contributed by atoms with Crippen molar-refractivity contribution in [3.05, 3.63) is 37.3 Å². The Morgan fingerprint density at radius 1 is 1.40 bits per heavy atom. The summed E-state index contributed by atoms with van der Waals surface area (Å²) in [6.45, 7) is 0. The van der Waals surface area contributed by atoms with Crippen LogP contribution in [-0.2, 0) is 0 Å². The molecule has 0 saturated heterocycles. The van der Waals surface area contributed by atoms with E-state index in [2.05, 4.69) is 36.8 Å². The lowest BCUT2D eigenvalue weighted by Crippen LogP contribution is -2.19. The van der Waals surface area contributed by atoms with Gasteiger partial charge in [-0.05, 0) is 28.1 Å². The maximum Gasteiger partial charge on any atom is 0.325 e. The summed E-state index contributed by atoms with van der Waals surface area (Å²) in [5, 5.41) is 23.2. The molecule has 0 aliphatic rings. The second kappa shape index (κ2) is 6.11. The van der Waals surface area contributed by atoms with E-state index in [1.54, 1.807) is 0 Å². The molecule has 0 radical (unpaired) electrons.